The predicted octanol–water partition coefficient (Wildman–Crippen LogP) is 4.90. The number of imidazole rings is 1. The van der Waals surface area contributed by atoms with Crippen LogP contribution in [0.5, 0.6) is 5.75 Å². The molecule has 0 unspecified atom stereocenters. The highest BCUT2D eigenvalue weighted by molar-refractivity contribution is 6.27. The number of aryl methyl sites for hydroxylation is 1. The molecule has 1 aliphatic rings. The maximum atomic E-state index is 5.42. The zero-order chi connectivity index (χ0) is 20.3. The molecule has 0 aliphatic carbocycles. The van der Waals surface area contributed by atoms with Crippen LogP contribution in [0.15, 0.2) is 84.4 Å². The van der Waals surface area contributed by atoms with Gasteiger partial charge in [0.25, 0.3) is 0 Å². The normalized spacial score (nSPS) is 14.0. The molecule has 0 amide bonds. The Balaban J connectivity index is 1.47. The lowest BCUT2D eigenvalue weighted by Gasteiger charge is -2.21. The fourth-order valence-electron chi connectivity index (χ4n) is 4.13. The van der Waals surface area contributed by atoms with E-state index < -0.39 is 0 Å². The molecule has 150 valence electrons. The van der Waals surface area contributed by atoms with Crippen molar-refractivity contribution >= 4 is 22.3 Å². The predicted molar refractivity (Wildman–Crippen MR) is 121 cm³/mol. The fraction of sp³-hybridized carbons (Fsp3) is 0.200. The van der Waals surface area contributed by atoms with Crippen molar-refractivity contribution in [2.75, 3.05) is 18.6 Å². The van der Waals surface area contributed by atoms with Crippen molar-refractivity contribution < 1.29 is 4.74 Å². The van der Waals surface area contributed by atoms with Crippen LogP contribution in [0, 0.1) is 0 Å². The van der Waals surface area contributed by atoms with Gasteiger partial charge in [-0.15, -0.1) is 0 Å². The van der Waals surface area contributed by atoms with E-state index in [9.17, 15) is 0 Å². The molecule has 0 radical (unpaired) electrons. The van der Waals surface area contributed by atoms with E-state index in [1.807, 2.05) is 30.9 Å². The van der Waals surface area contributed by atoms with Gasteiger partial charge in [0.15, 0.2) is 0 Å². The van der Waals surface area contributed by atoms with Crippen molar-refractivity contribution in [2.45, 2.75) is 19.5 Å². The number of amidine groups is 1. The molecule has 0 fully saturated rings. The Kier molecular flexibility index (Phi) is 4.93. The minimum absolute atomic E-state index is 0.755. The van der Waals surface area contributed by atoms with Gasteiger partial charge in [-0.3, -0.25) is 4.99 Å². The molecule has 0 saturated carbocycles. The first-order valence-electron chi connectivity index (χ1n) is 10.3. The Morgan fingerprint density at radius 2 is 1.90 bits per heavy atom. The van der Waals surface area contributed by atoms with E-state index in [1.165, 1.54) is 27.6 Å². The van der Waals surface area contributed by atoms with Gasteiger partial charge in [-0.1, -0.05) is 42.5 Å². The van der Waals surface area contributed by atoms with Gasteiger partial charge in [0.1, 0.15) is 11.6 Å². The van der Waals surface area contributed by atoms with Gasteiger partial charge in [0, 0.05) is 43.0 Å². The summed E-state index contributed by atoms with van der Waals surface area (Å²) in [5.74, 6) is 1.93. The highest BCUT2D eigenvalue weighted by Crippen LogP contribution is 2.38. The lowest BCUT2D eigenvalue weighted by atomic mass is 10.1. The molecule has 0 spiro atoms. The molecule has 1 aliphatic heterocycles. The molecule has 1 aromatic heterocycles. The van der Waals surface area contributed by atoms with Crippen LogP contribution in [0.1, 0.15) is 17.5 Å². The van der Waals surface area contributed by atoms with Gasteiger partial charge in [-0.2, -0.15) is 0 Å². The van der Waals surface area contributed by atoms with E-state index in [0.717, 1.165) is 37.6 Å². The van der Waals surface area contributed by atoms with Gasteiger partial charge in [-0.05, 0) is 35.6 Å². The fourth-order valence-corrected chi connectivity index (χ4v) is 4.13. The van der Waals surface area contributed by atoms with E-state index in [-0.39, 0.29) is 0 Å². The average molecular weight is 396 g/mol. The van der Waals surface area contributed by atoms with E-state index in [1.54, 1.807) is 7.11 Å². The van der Waals surface area contributed by atoms with Crippen LogP contribution in [0.4, 0.5) is 5.69 Å². The summed E-state index contributed by atoms with van der Waals surface area (Å²) in [5, 5.41) is 2.54. The third-order valence-corrected chi connectivity index (χ3v) is 5.54. The van der Waals surface area contributed by atoms with Gasteiger partial charge in [0.2, 0.25) is 0 Å². The molecule has 5 rings (SSSR count). The first kappa shape index (κ1) is 18.4. The summed E-state index contributed by atoms with van der Waals surface area (Å²) in [6.07, 6.45) is 6.64. The second kappa shape index (κ2) is 8.03. The van der Waals surface area contributed by atoms with Crippen LogP contribution in [0.3, 0.4) is 0 Å². The van der Waals surface area contributed by atoms with Gasteiger partial charge >= 0.3 is 0 Å². The summed E-state index contributed by atoms with van der Waals surface area (Å²) in [4.78, 5) is 11.5. The third kappa shape index (κ3) is 3.43. The molecule has 0 bridgehead atoms. The van der Waals surface area contributed by atoms with E-state index in [2.05, 4.69) is 63.0 Å². The second-order valence-corrected chi connectivity index (χ2v) is 7.48. The number of methoxy groups -OCH3 is 1. The Morgan fingerprint density at radius 1 is 1.03 bits per heavy atom. The van der Waals surface area contributed by atoms with Crippen LogP contribution in [-0.4, -0.2) is 29.0 Å². The molecule has 5 heteroatoms. The average Bonchev–Trinajstić information content (AvgIpc) is 3.40. The molecule has 4 aromatic rings. The van der Waals surface area contributed by atoms with E-state index >= 15 is 0 Å². The van der Waals surface area contributed by atoms with Gasteiger partial charge in [0.05, 0.1) is 19.1 Å². The first-order valence-corrected chi connectivity index (χ1v) is 10.3. The number of ether oxygens (including phenoxy) is 1. The number of aliphatic imine (C=N–C) groups is 1. The molecule has 5 nitrogen and oxygen atoms in total. The van der Waals surface area contributed by atoms with Crippen LogP contribution in [-0.2, 0) is 13.1 Å². The lowest BCUT2D eigenvalue weighted by Crippen LogP contribution is -2.27. The SMILES string of the molecule is COc1cccc(CN2/C(=N/CCCn3ccnc3)c3cccc4cccc2c34)c1. The maximum absolute atomic E-state index is 5.42. The number of anilines is 1. The lowest BCUT2D eigenvalue weighted by molar-refractivity contribution is 0.414. The minimum Gasteiger partial charge on any atom is -0.497 e. The molecule has 0 N–H and O–H groups in total. The number of rotatable bonds is 7. The number of benzene rings is 3. The Morgan fingerprint density at radius 3 is 2.73 bits per heavy atom. The molecule has 30 heavy (non-hydrogen) atoms. The highest BCUT2D eigenvalue weighted by Gasteiger charge is 2.27. The largest absolute Gasteiger partial charge is 0.497 e. The van der Waals surface area contributed by atoms with Crippen molar-refractivity contribution in [1.82, 2.24) is 9.55 Å². The molecule has 0 atom stereocenters. The third-order valence-electron chi connectivity index (χ3n) is 5.54. The number of hydrogen-bond acceptors (Lipinski definition) is 3. The number of aromatic nitrogens is 2. The summed E-state index contributed by atoms with van der Waals surface area (Å²) < 4.78 is 7.52. The highest BCUT2D eigenvalue weighted by atomic mass is 16.5. The maximum Gasteiger partial charge on any atom is 0.136 e. The van der Waals surface area contributed by atoms with Crippen molar-refractivity contribution in [3.05, 3.63) is 90.5 Å². The smallest absolute Gasteiger partial charge is 0.136 e. The quantitative estimate of drug-likeness (QED) is 0.417. The zero-order valence-electron chi connectivity index (χ0n) is 17.0. The summed E-state index contributed by atoms with van der Waals surface area (Å²) in [6, 6.07) is 21.2. The summed E-state index contributed by atoms with van der Waals surface area (Å²) in [6.45, 7) is 2.45. The Bertz CT molecular complexity index is 1190. The van der Waals surface area contributed by atoms with Crippen molar-refractivity contribution in [2.24, 2.45) is 4.99 Å². The summed E-state index contributed by atoms with van der Waals surface area (Å²) in [5.41, 5.74) is 3.64. The monoisotopic (exact) mass is 396 g/mol. The number of nitrogens with zero attached hydrogens (tertiary/aromatic N) is 4. The summed E-state index contributed by atoms with van der Waals surface area (Å²) in [7, 11) is 1.71. The Hall–Kier alpha value is -3.60. The second-order valence-electron chi connectivity index (χ2n) is 7.48. The summed E-state index contributed by atoms with van der Waals surface area (Å²) >= 11 is 0. The molecule has 3 aromatic carbocycles. The van der Waals surface area contributed by atoms with Crippen molar-refractivity contribution in [1.29, 1.82) is 0 Å². The minimum atomic E-state index is 0.755. The van der Waals surface area contributed by atoms with Crippen molar-refractivity contribution in [3.8, 4) is 5.75 Å². The standard InChI is InChI=1S/C25H24N4O/c1-30-21-9-2-6-19(16-21)17-29-23-11-4-8-20-7-3-10-22(24(20)23)25(29)27-12-5-14-28-15-13-26-18-28/h2-4,6-11,13,15-16,18H,5,12,14,17H2,1H3/b27-25+. The van der Waals surface area contributed by atoms with Crippen molar-refractivity contribution in [3.63, 3.8) is 0 Å². The van der Waals surface area contributed by atoms with E-state index in [0.29, 0.717) is 0 Å². The van der Waals surface area contributed by atoms with Crippen LogP contribution >= 0.6 is 0 Å². The molecule has 2 heterocycles. The molecular formula is C25H24N4O. The topological polar surface area (TPSA) is 42.6 Å². The number of hydrogen-bond donors (Lipinski definition) is 0. The van der Waals surface area contributed by atoms with Crippen LogP contribution < -0.4 is 9.64 Å². The van der Waals surface area contributed by atoms with Gasteiger partial charge in [-0.25, -0.2) is 4.98 Å². The van der Waals surface area contributed by atoms with Crippen LogP contribution in [0.25, 0.3) is 10.8 Å². The molecule has 0 saturated heterocycles. The molecular weight excluding hydrogens is 372 g/mol. The zero-order valence-corrected chi connectivity index (χ0v) is 17.0. The van der Waals surface area contributed by atoms with E-state index in [4.69, 9.17) is 9.73 Å². The van der Waals surface area contributed by atoms with Gasteiger partial charge < -0.3 is 14.2 Å². The first-order chi connectivity index (χ1) is 14.8. The van der Waals surface area contributed by atoms with Crippen LogP contribution in [0.2, 0.25) is 0 Å². The Labute approximate surface area is 176 Å².